The van der Waals surface area contributed by atoms with E-state index in [1.165, 1.54) is 0 Å². The third-order valence-electron chi connectivity index (χ3n) is 5.05. The molecule has 1 N–H and O–H groups in total. The Kier molecular flexibility index (Phi) is 5.76. The summed E-state index contributed by atoms with van der Waals surface area (Å²) in [6.45, 7) is 2.54. The first-order chi connectivity index (χ1) is 14.1. The molecule has 3 aromatic rings. The van der Waals surface area contributed by atoms with Crippen LogP contribution in [0.5, 0.6) is 0 Å². The fourth-order valence-corrected chi connectivity index (χ4v) is 4.69. The SMILES string of the molecule is C[C@H](NC(=O)OCc1ccccc1)C(=O)N1CCC[C@H]1c1nc2ccccc2s1. The molecular weight excluding hydrogens is 386 g/mol. The molecule has 29 heavy (non-hydrogen) atoms. The molecular formula is C22H23N3O3S. The number of benzene rings is 2. The second-order valence-corrected chi connectivity index (χ2v) is 8.20. The fraction of sp³-hybridized carbons (Fsp3) is 0.318. The summed E-state index contributed by atoms with van der Waals surface area (Å²) in [5.41, 5.74) is 1.86. The molecule has 1 fully saturated rings. The maximum absolute atomic E-state index is 13.0. The van der Waals surface area contributed by atoms with Gasteiger partial charge in [-0.15, -0.1) is 11.3 Å². The average Bonchev–Trinajstić information content (AvgIpc) is 3.39. The number of fused-ring (bicyclic) bond motifs is 1. The summed E-state index contributed by atoms with van der Waals surface area (Å²) < 4.78 is 6.35. The largest absolute Gasteiger partial charge is 0.445 e. The van der Waals surface area contributed by atoms with E-state index in [1.54, 1.807) is 18.3 Å². The maximum Gasteiger partial charge on any atom is 0.408 e. The van der Waals surface area contributed by atoms with Crippen molar-refractivity contribution in [1.82, 2.24) is 15.2 Å². The van der Waals surface area contributed by atoms with Crippen molar-refractivity contribution in [2.24, 2.45) is 0 Å². The predicted molar refractivity (Wildman–Crippen MR) is 113 cm³/mol. The first-order valence-electron chi connectivity index (χ1n) is 9.75. The van der Waals surface area contributed by atoms with Gasteiger partial charge in [0.15, 0.2) is 0 Å². The summed E-state index contributed by atoms with van der Waals surface area (Å²) in [4.78, 5) is 31.6. The van der Waals surface area contributed by atoms with Crippen LogP contribution in [-0.4, -0.2) is 34.5 Å². The number of hydrogen-bond donors (Lipinski definition) is 1. The van der Waals surface area contributed by atoms with Crippen LogP contribution in [-0.2, 0) is 16.1 Å². The number of rotatable bonds is 5. The third-order valence-corrected chi connectivity index (χ3v) is 6.19. The number of amides is 2. The molecule has 2 aromatic carbocycles. The Hall–Kier alpha value is -2.93. The molecule has 2 heterocycles. The van der Waals surface area contributed by atoms with Gasteiger partial charge >= 0.3 is 6.09 Å². The van der Waals surface area contributed by atoms with E-state index < -0.39 is 12.1 Å². The van der Waals surface area contributed by atoms with Crippen LogP contribution < -0.4 is 5.32 Å². The van der Waals surface area contributed by atoms with Gasteiger partial charge in [0, 0.05) is 6.54 Å². The average molecular weight is 410 g/mol. The number of likely N-dealkylation sites (tertiary alicyclic amines) is 1. The Bertz CT molecular complexity index is 972. The molecule has 2 atom stereocenters. The number of nitrogens with one attached hydrogen (secondary N) is 1. The Morgan fingerprint density at radius 3 is 2.76 bits per heavy atom. The van der Waals surface area contributed by atoms with Crippen molar-refractivity contribution < 1.29 is 14.3 Å². The summed E-state index contributed by atoms with van der Waals surface area (Å²) in [5, 5.41) is 3.61. The van der Waals surface area contributed by atoms with Crippen molar-refractivity contribution in [2.75, 3.05) is 6.54 Å². The molecule has 1 aliphatic rings. The second-order valence-electron chi connectivity index (χ2n) is 7.14. The van der Waals surface area contributed by atoms with Crippen LogP contribution in [0.15, 0.2) is 54.6 Å². The summed E-state index contributed by atoms with van der Waals surface area (Å²) in [7, 11) is 0. The number of thiazole rings is 1. The Morgan fingerprint density at radius 1 is 1.21 bits per heavy atom. The molecule has 1 saturated heterocycles. The van der Waals surface area contributed by atoms with E-state index in [-0.39, 0.29) is 18.6 Å². The molecule has 0 unspecified atom stereocenters. The molecule has 1 aliphatic heterocycles. The van der Waals surface area contributed by atoms with Crippen LogP contribution in [0.25, 0.3) is 10.2 Å². The minimum Gasteiger partial charge on any atom is -0.445 e. The molecule has 0 saturated carbocycles. The van der Waals surface area contributed by atoms with Gasteiger partial charge < -0.3 is 15.0 Å². The molecule has 0 radical (unpaired) electrons. The van der Waals surface area contributed by atoms with Crippen molar-refractivity contribution >= 4 is 33.6 Å². The molecule has 4 rings (SSSR count). The maximum atomic E-state index is 13.0. The molecule has 1 aromatic heterocycles. The molecule has 7 heteroatoms. The van der Waals surface area contributed by atoms with E-state index in [0.29, 0.717) is 6.54 Å². The number of aromatic nitrogens is 1. The number of ether oxygens (including phenoxy) is 1. The quantitative estimate of drug-likeness (QED) is 0.683. The van der Waals surface area contributed by atoms with Gasteiger partial charge in [0.1, 0.15) is 17.7 Å². The summed E-state index contributed by atoms with van der Waals surface area (Å²) in [6, 6.07) is 16.7. The van der Waals surface area contributed by atoms with Crippen LogP contribution in [0.2, 0.25) is 0 Å². The van der Waals surface area contributed by atoms with Gasteiger partial charge in [-0.3, -0.25) is 4.79 Å². The highest BCUT2D eigenvalue weighted by atomic mass is 32.1. The topological polar surface area (TPSA) is 71.5 Å². The lowest BCUT2D eigenvalue weighted by Gasteiger charge is -2.26. The molecule has 0 bridgehead atoms. The molecule has 2 amide bonds. The Morgan fingerprint density at radius 2 is 1.97 bits per heavy atom. The van der Waals surface area contributed by atoms with E-state index in [1.807, 2.05) is 59.5 Å². The zero-order valence-electron chi connectivity index (χ0n) is 16.2. The van der Waals surface area contributed by atoms with Crippen molar-refractivity contribution in [3.63, 3.8) is 0 Å². The number of carbonyl (C=O) groups is 2. The number of hydrogen-bond acceptors (Lipinski definition) is 5. The van der Waals surface area contributed by atoms with E-state index in [9.17, 15) is 9.59 Å². The first kappa shape index (κ1) is 19.4. The van der Waals surface area contributed by atoms with Gasteiger partial charge in [-0.05, 0) is 37.5 Å². The van der Waals surface area contributed by atoms with Gasteiger partial charge in [-0.1, -0.05) is 42.5 Å². The normalized spacial score (nSPS) is 17.3. The van der Waals surface area contributed by atoms with Gasteiger partial charge in [0.05, 0.1) is 16.3 Å². The molecule has 0 spiro atoms. The van der Waals surface area contributed by atoms with Crippen LogP contribution in [0.3, 0.4) is 0 Å². The Balaban J connectivity index is 1.37. The zero-order valence-corrected chi connectivity index (χ0v) is 17.0. The van der Waals surface area contributed by atoms with Crippen molar-refractivity contribution in [1.29, 1.82) is 0 Å². The lowest BCUT2D eigenvalue weighted by Crippen LogP contribution is -2.46. The third kappa shape index (κ3) is 4.40. The van der Waals surface area contributed by atoms with E-state index >= 15 is 0 Å². The number of nitrogens with zero attached hydrogens (tertiary/aromatic N) is 2. The second kappa shape index (κ2) is 8.61. The molecule has 150 valence electrons. The smallest absolute Gasteiger partial charge is 0.408 e. The van der Waals surface area contributed by atoms with Gasteiger partial charge in [0.2, 0.25) is 5.91 Å². The van der Waals surface area contributed by atoms with E-state index in [0.717, 1.165) is 33.6 Å². The standard InChI is InChI=1S/C22H23N3O3S/c1-15(23-22(27)28-14-16-8-3-2-4-9-16)21(26)25-13-7-11-18(25)20-24-17-10-5-6-12-19(17)29-20/h2-6,8-10,12,15,18H,7,11,13-14H2,1H3,(H,23,27)/t15-,18-/m0/s1. The number of carbonyl (C=O) groups excluding carboxylic acids is 2. The van der Waals surface area contributed by atoms with Crippen molar-refractivity contribution in [2.45, 2.75) is 38.5 Å². The fourth-order valence-electron chi connectivity index (χ4n) is 3.57. The zero-order chi connectivity index (χ0) is 20.2. The number of para-hydroxylation sites is 1. The summed E-state index contributed by atoms with van der Waals surface area (Å²) in [5.74, 6) is -0.108. The van der Waals surface area contributed by atoms with Gasteiger partial charge in [0.25, 0.3) is 0 Å². The summed E-state index contributed by atoms with van der Waals surface area (Å²) in [6.07, 6.45) is 1.22. The van der Waals surface area contributed by atoms with Gasteiger partial charge in [-0.25, -0.2) is 9.78 Å². The van der Waals surface area contributed by atoms with Crippen LogP contribution in [0, 0.1) is 0 Å². The highest BCUT2D eigenvalue weighted by Gasteiger charge is 2.34. The first-order valence-corrected chi connectivity index (χ1v) is 10.6. The van der Waals surface area contributed by atoms with Crippen LogP contribution in [0.1, 0.15) is 36.4 Å². The van der Waals surface area contributed by atoms with Gasteiger partial charge in [-0.2, -0.15) is 0 Å². The van der Waals surface area contributed by atoms with Crippen molar-refractivity contribution in [3.05, 3.63) is 65.2 Å². The van der Waals surface area contributed by atoms with Crippen LogP contribution in [0.4, 0.5) is 4.79 Å². The monoisotopic (exact) mass is 409 g/mol. The van der Waals surface area contributed by atoms with E-state index in [2.05, 4.69) is 5.32 Å². The molecule has 6 nitrogen and oxygen atoms in total. The van der Waals surface area contributed by atoms with Crippen molar-refractivity contribution in [3.8, 4) is 0 Å². The lowest BCUT2D eigenvalue weighted by atomic mass is 10.2. The highest BCUT2D eigenvalue weighted by molar-refractivity contribution is 7.18. The summed E-state index contributed by atoms with van der Waals surface area (Å²) >= 11 is 1.63. The minimum absolute atomic E-state index is 0.0375. The highest BCUT2D eigenvalue weighted by Crippen LogP contribution is 2.36. The predicted octanol–water partition coefficient (Wildman–Crippen LogP) is 4.27. The van der Waals surface area contributed by atoms with Crippen LogP contribution >= 0.6 is 11.3 Å². The minimum atomic E-state index is -0.659. The lowest BCUT2D eigenvalue weighted by molar-refractivity contribution is -0.133. The number of alkyl carbamates (subject to hydrolysis) is 1. The molecule has 0 aliphatic carbocycles. The van der Waals surface area contributed by atoms with E-state index in [4.69, 9.17) is 9.72 Å². The Labute approximate surface area is 173 Å².